The summed E-state index contributed by atoms with van der Waals surface area (Å²) < 4.78 is 25.6. The lowest BCUT2D eigenvalue weighted by molar-refractivity contribution is -0.128. The summed E-state index contributed by atoms with van der Waals surface area (Å²) in [5.74, 6) is 0.0619. The molecule has 240 valence electrons. The molecule has 2 aliphatic heterocycles. The average molecular weight is 685 g/mol. The minimum Gasteiger partial charge on any atom is -0.369 e. The minimum atomic E-state index is -3.49. The number of aliphatic imine (C=N–C) groups is 2. The smallest absolute Gasteiger partial charge is 0.239 e. The van der Waals surface area contributed by atoms with Gasteiger partial charge in [-0.05, 0) is 83.3 Å². The van der Waals surface area contributed by atoms with Crippen molar-refractivity contribution < 1.29 is 13.2 Å². The highest BCUT2D eigenvalue weighted by Gasteiger charge is 2.41. The number of hydrogen-bond acceptors (Lipinski definition) is 11. The lowest BCUT2D eigenvalue weighted by Crippen LogP contribution is -2.50. The Morgan fingerprint density at radius 3 is 1.74 bits per heavy atom. The molecule has 11 nitrogen and oxygen atoms in total. The first kappa shape index (κ1) is 33.3. The summed E-state index contributed by atoms with van der Waals surface area (Å²) in [7, 11) is -0.455. The van der Waals surface area contributed by atoms with E-state index in [4.69, 9.17) is 22.0 Å². The maximum Gasteiger partial charge on any atom is 0.239 e. The summed E-state index contributed by atoms with van der Waals surface area (Å²) >= 11 is 2.99. The third kappa shape index (κ3) is 6.76. The van der Waals surface area contributed by atoms with Crippen molar-refractivity contribution in [2.24, 2.45) is 21.5 Å². The van der Waals surface area contributed by atoms with Crippen LogP contribution in [-0.4, -0.2) is 55.3 Å². The van der Waals surface area contributed by atoms with Gasteiger partial charge < -0.3 is 11.5 Å². The molecule has 2 aromatic carbocycles. The van der Waals surface area contributed by atoms with Crippen LogP contribution in [0.15, 0.2) is 81.4 Å². The minimum absolute atomic E-state index is 0.00909. The lowest BCUT2D eigenvalue weighted by Gasteiger charge is -2.33. The topological polar surface area (TPSA) is 182 Å². The zero-order valence-electron chi connectivity index (χ0n) is 26.1. The first-order chi connectivity index (χ1) is 22.2. The van der Waals surface area contributed by atoms with Crippen molar-refractivity contribution in [3.8, 4) is 34.4 Å². The molecule has 0 radical (unpaired) electrons. The molecule has 2 aliphatic rings. The highest BCUT2D eigenvalue weighted by Crippen LogP contribution is 2.40. The number of nitrogens with two attached hydrogens (primary N) is 2. The average Bonchev–Trinajstić information content (AvgIpc) is 3.75. The monoisotopic (exact) mass is 684 g/mol. The molecular formula is C33H32N8O3S3. The van der Waals surface area contributed by atoms with E-state index in [1.807, 2.05) is 60.1 Å². The number of guanidine groups is 2. The summed E-state index contributed by atoms with van der Waals surface area (Å²) in [5.41, 5.74) is 15.1. The van der Waals surface area contributed by atoms with E-state index in [0.717, 1.165) is 36.3 Å². The largest absolute Gasteiger partial charge is 0.369 e. The molecule has 4 heterocycles. The number of hydrogen-bond donors (Lipinski definition) is 2. The Bertz CT molecular complexity index is 2120. The van der Waals surface area contributed by atoms with Crippen LogP contribution in [-0.2, 0) is 25.9 Å². The summed E-state index contributed by atoms with van der Waals surface area (Å²) in [6, 6.07) is 22.9. The van der Waals surface area contributed by atoms with Gasteiger partial charge >= 0.3 is 0 Å². The van der Waals surface area contributed by atoms with Crippen molar-refractivity contribution in [2.45, 2.75) is 31.3 Å². The van der Waals surface area contributed by atoms with E-state index in [-0.39, 0.29) is 23.6 Å². The van der Waals surface area contributed by atoms with E-state index in [2.05, 4.69) is 22.1 Å². The van der Waals surface area contributed by atoms with Crippen LogP contribution in [0.3, 0.4) is 0 Å². The summed E-state index contributed by atoms with van der Waals surface area (Å²) in [4.78, 5) is 24.2. The molecule has 0 saturated carbocycles. The molecule has 2 atom stereocenters. The molecule has 47 heavy (non-hydrogen) atoms. The van der Waals surface area contributed by atoms with Crippen molar-refractivity contribution in [3.63, 3.8) is 0 Å². The van der Waals surface area contributed by atoms with Gasteiger partial charge in [-0.15, -0.1) is 22.7 Å². The highest BCUT2D eigenvalue weighted by atomic mass is 32.2. The number of carbonyl (C=O) groups excluding carboxylic acids is 1. The SMILES string of the molecule is CN1C(=O)C[C@@](C)(c2cc(-c3cccc(C#N)c3)cs2)N=C1N.CN1C(N)=N[C@](C)(c2cc(-c3cccc(C#N)c3)cs2)CS1(=O)=O. The maximum absolute atomic E-state index is 12.3. The summed E-state index contributed by atoms with van der Waals surface area (Å²) in [6.07, 6.45) is 0.294. The van der Waals surface area contributed by atoms with Gasteiger partial charge in [-0.1, -0.05) is 24.3 Å². The Balaban J connectivity index is 0.000000185. The van der Waals surface area contributed by atoms with Crippen LogP contribution in [0, 0.1) is 22.7 Å². The molecule has 0 spiro atoms. The third-order valence-electron chi connectivity index (χ3n) is 8.05. The molecule has 0 fully saturated rings. The van der Waals surface area contributed by atoms with Crippen molar-refractivity contribution >= 4 is 50.5 Å². The number of sulfonamides is 1. The Morgan fingerprint density at radius 1 is 0.787 bits per heavy atom. The van der Waals surface area contributed by atoms with E-state index in [9.17, 15) is 13.2 Å². The Hall–Kier alpha value is -5.02. The number of amides is 1. The molecule has 1 amide bonds. The van der Waals surface area contributed by atoms with Crippen molar-refractivity contribution in [3.05, 3.63) is 92.3 Å². The van der Waals surface area contributed by atoms with Gasteiger partial charge in [-0.2, -0.15) is 10.5 Å². The number of carbonyl (C=O) groups is 1. The molecule has 0 aliphatic carbocycles. The zero-order valence-corrected chi connectivity index (χ0v) is 28.6. The van der Waals surface area contributed by atoms with E-state index in [0.29, 0.717) is 17.5 Å². The van der Waals surface area contributed by atoms with Crippen molar-refractivity contribution in [1.29, 1.82) is 10.5 Å². The molecule has 4 N–H and O–H groups in total. The van der Waals surface area contributed by atoms with Gasteiger partial charge in [0.1, 0.15) is 11.1 Å². The van der Waals surface area contributed by atoms with Crippen LogP contribution in [0.25, 0.3) is 22.3 Å². The molecule has 6 rings (SSSR count). The Morgan fingerprint density at radius 2 is 1.28 bits per heavy atom. The first-order valence-electron chi connectivity index (χ1n) is 14.3. The third-order valence-corrected chi connectivity index (χ3v) is 12.4. The van der Waals surface area contributed by atoms with Crippen molar-refractivity contribution in [2.75, 3.05) is 19.8 Å². The zero-order chi connectivity index (χ0) is 34.1. The van der Waals surface area contributed by atoms with Gasteiger partial charge in [0.25, 0.3) is 0 Å². The van der Waals surface area contributed by atoms with Crippen LogP contribution in [0.4, 0.5) is 0 Å². The second-order valence-corrected chi connectivity index (χ2v) is 15.4. The van der Waals surface area contributed by atoms with E-state index in [1.54, 1.807) is 43.5 Å². The molecular weight excluding hydrogens is 653 g/mol. The van der Waals surface area contributed by atoms with Gasteiger partial charge in [-0.25, -0.2) is 22.7 Å². The highest BCUT2D eigenvalue weighted by molar-refractivity contribution is 7.89. The van der Waals surface area contributed by atoms with Crippen molar-refractivity contribution in [1.82, 2.24) is 9.21 Å². The molecule has 0 bridgehead atoms. The quantitative estimate of drug-likeness (QED) is 0.310. The number of thiophene rings is 2. The predicted molar refractivity (Wildman–Crippen MR) is 186 cm³/mol. The standard InChI is InChI=1S/C17H16N4OS.C16H16N4O2S2/c1-17(8-15(22)21(2)16(19)20-17)14-7-13(10-23-14)12-5-3-4-11(6-12)9-18;1-16(10-24(21,22)20(2)15(18)19-16)14-7-13(9-23-14)12-5-3-4-11(6-12)8-17/h3-7,10H,8H2,1-2H3,(H2,19,20);3-7,9H,10H2,1-2H3,(H2,18,19)/t17-;16-/m00/s1. The molecule has 4 aromatic rings. The molecule has 2 aromatic heterocycles. The van der Waals surface area contributed by atoms with E-state index >= 15 is 0 Å². The van der Waals surface area contributed by atoms with Gasteiger partial charge in [0, 0.05) is 23.8 Å². The van der Waals surface area contributed by atoms with Gasteiger partial charge in [0.05, 0.1) is 35.4 Å². The van der Waals surface area contributed by atoms with E-state index in [1.165, 1.54) is 23.3 Å². The second-order valence-electron chi connectivity index (χ2n) is 11.6. The molecule has 0 saturated heterocycles. The van der Waals surface area contributed by atoms with Crippen LogP contribution in [0.1, 0.15) is 41.1 Å². The van der Waals surface area contributed by atoms with Crippen LogP contribution in [0.5, 0.6) is 0 Å². The van der Waals surface area contributed by atoms with Gasteiger partial charge in [0.15, 0.2) is 5.96 Å². The fourth-order valence-corrected chi connectivity index (χ4v) is 8.79. The number of benzene rings is 2. The van der Waals surface area contributed by atoms with Crippen LogP contribution in [0.2, 0.25) is 0 Å². The number of nitriles is 2. The first-order valence-corrected chi connectivity index (χ1v) is 17.7. The number of nitrogens with zero attached hydrogens (tertiary/aromatic N) is 6. The lowest BCUT2D eigenvalue weighted by atomic mass is 9.93. The molecule has 14 heteroatoms. The van der Waals surface area contributed by atoms with Gasteiger partial charge in [-0.3, -0.25) is 9.69 Å². The Labute approximate surface area is 281 Å². The van der Waals surface area contributed by atoms with Crippen LogP contribution < -0.4 is 11.5 Å². The number of rotatable bonds is 4. The normalized spacial score (nSPS) is 21.9. The fraction of sp³-hybridized carbons (Fsp3) is 0.242. The fourth-order valence-electron chi connectivity index (χ4n) is 5.20. The predicted octanol–water partition coefficient (Wildman–Crippen LogP) is 4.77. The summed E-state index contributed by atoms with van der Waals surface area (Å²) in [5, 5.41) is 22.0. The molecule has 0 unspecified atom stereocenters. The van der Waals surface area contributed by atoms with E-state index < -0.39 is 21.1 Å². The van der Waals surface area contributed by atoms with Crippen LogP contribution >= 0.6 is 22.7 Å². The second kappa shape index (κ2) is 12.6. The Kier molecular flexibility index (Phi) is 8.97. The van der Waals surface area contributed by atoms with Gasteiger partial charge in [0.2, 0.25) is 21.9 Å². The summed E-state index contributed by atoms with van der Waals surface area (Å²) in [6.45, 7) is 3.69. The maximum atomic E-state index is 12.3.